The molecule has 1 N–H and O–H groups in total. The largest absolute Gasteiger partial charge is 0.493 e. The lowest BCUT2D eigenvalue weighted by Crippen LogP contribution is -2.29. The molecule has 7 nitrogen and oxygen atoms in total. The molecule has 0 radical (unpaired) electrons. The molecule has 1 amide bonds. The molecule has 8 heteroatoms. The molecular weight excluding hydrogens is 315 g/mol. The van der Waals surface area contributed by atoms with Gasteiger partial charge in [-0.3, -0.25) is 4.79 Å². The number of aliphatic hydroxyl groups excluding tert-OH is 1. The van der Waals surface area contributed by atoms with Gasteiger partial charge in [-0.25, -0.2) is 9.07 Å². The zero-order chi connectivity index (χ0) is 16.9. The summed E-state index contributed by atoms with van der Waals surface area (Å²) < 4.78 is 20.0. The minimum absolute atomic E-state index is 0.0421. The normalized spacial score (nSPS) is 20.3. The van der Waals surface area contributed by atoms with Crippen molar-refractivity contribution in [3.8, 4) is 5.75 Å². The van der Waals surface area contributed by atoms with Crippen molar-refractivity contribution in [2.45, 2.75) is 25.0 Å². The highest BCUT2D eigenvalue weighted by molar-refractivity contribution is 5.76. The third-order valence-corrected chi connectivity index (χ3v) is 3.99. The summed E-state index contributed by atoms with van der Waals surface area (Å²) in [5.74, 6) is 0.0542. The van der Waals surface area contributed by atoms with E-state index in [2.05, 4.69) is 10.3 Å². The second-order valence-corrected chi connectivity index (χ2v) is 5.73. The molecule has 0 bridgehead atoms. The SMILES string of the molecule is O=C(CCCOc1cccc(F)c1)N1C[C@@H](O)[C@H](n2ccnn2)C1. The molecule has 2 atom stereocenters. The second kappa shape index (κ2) is 7.39. The fourth-order valence-electron chi connectivity index (χ4n) is 2.76. The lowest BCUT2D eigenvalue weighted by molar-refractivity contribution is -0.130. The Balaban J connectivity index is 1.43. The third-order valence-electron chi connectivity index (χ3n) is 3.99. The Morgan fingerprint density at radius 3 is 3.04 bits per heavy atom. The first-order chi connectivity index (χ1) is 11.6. The van der Waals surface area contributed by atoms with E-state index in [1.807, 2.05) is 0 Å². The molecule has 0 aliphatic carbocycles. The van der Waals surface area contributed by atoms with Gasteiger partial charge in [-0.2, -0.15) is 0 Å². The number of carbonyl (C=O) groups is 1. The highest BCUT2D eigenvalue weighted by atomic mass is 19.1. The fourth-order valence-corrected chi connectivity index (χ4v) is 2.76. The van der Waals surface area contributed by atoms with Crippen LogP contribution in [0, 0.1) is 5.82 Å². The minimum Gasteiger partial charge on any atom is -0.493 e. The molecule has 128 valence electrons. The minimum atomic E-state index is -0.654. The van der Waals surface area contributed by atoms with E-state index >= 15 is 0 Å². The molecule has 1 aromatic heterocycles. The van der Waals surface area contributed by atoms with Crippen LogP contribution in [0.15, 0.2) is 36.7 Å². The van der Waals surface area contributed by atoms with Crippen LogP contribution in [0.2, 0.25) is 0 Å². The maximum Gasteiger partial charge on any atom is 0.222 e. The number of ether oxygens (including phenoxy) is 1. The van der Waals surface area contributed by atoms with Crippen LogP contribution in [0.25, 0.3) is 0 Å². The molecule has 1 aliphatic rings. The van der Waals surface area contributed by atoms with E-state index in [1.54, 1.807) is 34.1 Å². The molecule has 0 saturated carbocycles. The number of likely N-dealkylation sites (tertiary alicyclic amines) is 1. The van der Waals surface area contributed by atoms with Crippen molar-refractivity contribution >= 4 is 5.91 Å². The van der Waals surface area contributed by atoms with Gasteiger partial charge in [-0.1, -0.05) is 11.3 Å². The summed E-state index contributed by atoms with van der Waals surface area (Å²) in [5.41, 5.74) is 0. The average Bonchev–Trinajstić information content (AvgIpc) is 3.20. The Bertz CT molecular complexity index is 680. The first-order valence-corrected chi connectivity index (χ1v) is 7.83. The number of hydrogen-bond acceptors (Lipinski definition) is 5. The number of benzene rings is 1. The van der Waals surface area contributed by atoms with Crippen molar-refractivity contribution in [2.75, 3.05) is 19.7 Å². The molecular formula is C16H19FN4O3. The summed E-state index contributed by atoms with van der Waals surface area (Å²) in [4.78, 5) is 13.8. The van der Waals surface area contributed by atoms with Crippen LogP contribution in [0.5, 0.6) is 5.75 Å². The van der Waals surface area contributed by atoms with Crippen LogP contribution in [0.1, 0.15) is 18.9 Å². The lowest BCUT2D eigenvalue weighted by atomic mass is 10.2. The van der Waals surface area contributed by atoms with Crippen molar-refractivity contribution < 1.29 is 19.0 Å². The Morgan fingerprint density at radius 2 is 2.29 bits per heavy atom. The number of aromatic nitrogens is 3. The molecule has 1 saturated heterocycles. The Morgan fingerprint density at radius 1 is 1.42 bits per heavy atom. The topological polar surface area (TPSA) is 80.5 Å². The van der Waals surface area contributed by atoms with Crippen LogP contribution < -0.4 is 4.74 Å². The summed E-state index contributed by atoms with van der Waals surface area (Å²) in [6.45, 7) is 1.03. The Hall–Kier alpha value is -2.48. The van der Waals surface area contributed by atoms with Gasteiger partial charge >= 0.3 is 0 Å². The maximum atomic E-state index is 13.0. The van der Waals surface area contributed by atoms with Gasteiger partial charge in [0.1, 0.15) is 11.6 Å². The molecule has 0 spiro atoms. The van der Waals surface area contributed by atoms with E-state index in [-0.39, 0.29) is 24.3 Å². The van der Waals surface area contributed by atoms with Gasteiger partial charge in [0.25, 0.3) is 0 Å². The van der Waals surface area contributed by atoms with E-state index < -0.39 is 6.10 Å². The molecule has 3 rings (SSSR count). The zero-order valence-corrected chi connectivity index (χ0v) is 13.1. The number of β-amino-alcohol motifs (C(OH)–C–C–N with tert-alkyl or cyclic N) is 1. The fraction of sp³-hybridized carbons (Fsp3) is 0.438. The summed E-state index contributed by atoms with van der Waals surface area (Å²) in [6, 6.07) is 5.64. The van der Waals surface area contributed by atoms with Crippen molar-refractivity contribution in [3.05, 3.63) is 42.5 Å². The molecule has 0 unspecified atom stereocenters. The number of rotatable bonds is 6. The number of carbonyl (C=O) groups excluding carboxylic acids is 1. The monoisotopic (exact) mass is 334 g/mol. The summed E-state index contributed by atoms with van der Waals surface area (Å²) in [5, 5.41) is 17.7. The highest BCUT2D eigenvalue weighted by Crippen LogP contribution is 2.22. The predicted molar refractivity (Wildman–Crippen MR) is 82.8 cm³/mol. The first kappa shape index (κ1) is 16.4. The Labute approximate surface area is 138 Å². The summed E-state index contributed by atoms with van der Waals surface area (Å²) in [6.07, 6.45) is 3.40. The van der Waals surface area contributed by atoms with E-state index in [9.17, 15) is 14.3 Å². The van der Waals surface area contributed by atoms with Crippen LogP contribution in [0.3, 0.4) is 0 Å². The van der Waals surface area contributed by atoms with Gasteiger partial charge in [-0.15, -0.1) is 5.10 Å². The number of nitrogens with zero attached hydrogens (tertiary/aromatic N) is 4. The standard InChI is InChI=1S/C16H19FN4O3/c17-12-3-1-4-13(9-12)24-8-2-5-16(23)20-10-14(15(22)11-20)21-7-6-18-19-21/h1,3-4,6-7,9,14-15,22H,2,5,8,10-11H2/t14-,15-/m1/s1. The average molecular weight is 334 g/mol. The van der Waals surface area contributed by atoms with E-state index in [4.69, 9.17) is 4.74 Å². The summed E-state index contributed by atoms with van der Waals surface area (Å²) in [7, 11) is 0. The van der Waals surface area contributed by atoms with Gasteiger partial charge in [0.05, 0.1) is 24.9 Å². The molecule has 1 fully saturated rings. The highest BCUT2D eigenvalue weighted by Gasteiger charge is 2.35. The van der Waals surface area contributed by atoms with E-state index in [0.29, 0.717) is 31.7 Å². The molecule has 1 aliphatic heterocycles. The van der Waals surface area contributed by atoms with Crippen molar-refractivity contribution in [3.63, 3.8) is 0 Å². The molecule has 24 heavy (non-hydrogen) atoms. The number of aliphatic hydroxyl groups is 1. The van der Waals surface area contributed by atoms with Gasteiger partial charge in [0, 0.05) is 31.8 Å². The van der Waals surface area contributed by atoms with Crippen LogP contribution in [-0.4, -0.2) is 56.7 Å². The number of amides is 1. The quantitative estimate of drug-likeness (QED) is 0.798. The van der Waals surface area contributed by atoms with E-state index in [0.717, 1.165) is 0 Å². The predicted octanol–water partition coefficient (Wildman–Crippen LogP) is 1.02. The Kier molecular flexibility index (Phi) is 5.05. The zero-order valence-electron chi connectivity index (χ0n) is 13.1. The van der Waals surface area contributed by atoms with Gasteiger partial charge in [-0.05, 0) is 18.6 Å². The van der Waals surface area contributed by atoms with Gasteiger partial charge < -0.3 is 14.7 Å². The summed E-state index contributed by atoms with van der Waals surface area (Å²) >= 11 is 0. The smallest absolute Gasteiger partial charge is 0.222 e. The molecule has 2 aromatic rings. The van der Waals surface area contributed by atoms with Crippen molar-refractivity contribution in [2.24, 2.45) is 0 Å². The molecule has 1 aromatic carbocycles. The van der Waals surface area contributed by atoms with Gasteiger partial charge in [0.15, 0.2) is 0 Å². The first-order valence-electron chi connectivity index (χ1n) is 7.83. The maximum absolute atomic E-state index is 13.0. The van der Waals surface area contributed by atoms with Crippen molar-refractivity contribution in [1.82, 2.24) is 19.9 Å². The van der Waals surface area contributed by atoms with Crippen LogP contribution in [-0.2, 0) is 4.79 Å². The molecule has 2 heterocycles. The third kappa shape index (κ3) is 3.88. The van der Waals surface area contributed by atoms with E-state index in [1.165, 1.54) is 12.1 Å². The number of halogens is 1. The van der Waals surface area contributed by atoms with Crippen molar-refractivity contribution in [1.29, 1.82) is 0 Å². The second-order valence-electron chi connectivity index (χ2n) is 5.73. The van der Waals surface area contributed by atoms with Crippen LogP contribution in [0.4, 0.5) is 4.39 Å². The van der Waals surface area contributed by atoms with Gasteiger partial charge in [0.2, 0.25) is 5.91 Å². The lowest BCUT2D eigenvalue weighted by Gasteiger charge is -2.16. The van der Waals surface area contributed by atoms with Crippen LogP contribution >= 0.6 is 0 Å². The number of hydrogen-bond donors (Lipinski definition) is 1.